The van der Waals surface area contributed by atoms with Gasteiger partial charge in [0.2, 0.25) is 0 Å². The number of alkyl halides is 3. The van der Waals surface area contributed by atoms with Gasteiger partial charge in [0.15, 0.2) is 5.54 Å². The molecule has 0 saturated carbocycles. The molecule has 4 rings (SSSR count). The third-order valence-electron chi connectivity index (χ3n) is 5.27. The van der Waals surface area contributed by atoms with Crippen molar-refractivity contribution in [2.45, 2.75) is 18.3 Å². The number of benzene rings is 2. The first-order valence-electron chi connectivity index (χ1n) is 8.91. The van der Waals surface area contributed by atoms with Crippen LogP contribution in [0.5, 0.6) is 5.75 Å². The number of carbonyl (C=O) groups excluding carboxylic acids is 3. The average Bonchev–Trinajstić information content (AvgIpc) is 3.17. The number of rotatable bonds is 4. The predicted octanol–water partition coefficient (Wildman–Crippen LogP) is 2.40. The quantitative estimate of drug-likeness (QED) is 0.746. The second-order valence-corrected chi connectivity index (χ2v) is 7.07. The number of hydrogen-bond donors (Lipinski definition) is 2. The zero-order valence-corrected chi connectivity index (χ0v) is 15.7. The maximum Gasteiger partial charge on any atom is 0.416 e. The van der Waals surface area contributed by atoms with E-state index in [2.05, 4.69) is 10.6 Å². The minimum Gasteiger partial charge on any atom is -0.497 e. The SMILES string of the molecule is COc1ccc2c(c1)C(=O)N(CC1(c3ccc(C(F)(F)F)cc3)NC(=O)NC1=O)C2. The number of halogens is 3. The molecular formula is C20H16F3N3O4. The van der Waals surface area contributed by atoms with E-state index in [4.69, 9.17) is 4.74 Å². The Morgan fingerprint density at radius 2 is 1.80 bits per heavy atom. The number of amides is 4. The summed E-state index contributed by atoms with van der Waals surface area (Å²) in [5, 5.41) is 4.60. The summed E-state index contributed by atoms with van der Waals surface area (Å²) in [6, 6.07) is 8.15. The Balaban J connectivity index is 1.69. The molecule has 30 heavy (non-hydrogen) atoms. The molecule has 2 aromatic rings. The normalized spacial score (nSPS) is 20.8. The maximum absolute atomic E-state index is 12.9. The largest absolute Gasteiger partial charge is 0.497 e. The highest BCUT2D eigenvalue weighted by Crippen LogP contribution is 2.34. The smallest absolute Gasteiger partial charge is 0.416 e. The van der Waals surface area contributed by atoms with Gasteiger partial charge in [-0.1, -0.05) is 18.2 Å². The van der Waals surface area contributed by atoms with Gasteiger partial charge in [0.1, 0.15) is 5.75 Å². The molecule has 2 aliphatic heterocycles. The molecule has 2 aromatic carbocycles. The van der Waals surface area contributed by atoms with Gasteiger partial charge < -0.3 is 15.0 Å². The molecule has 10 heteroatoms. The second-order valence-electron chi connectivity index (χ2n) is 7.07. The Bertz CT molecular complexity index is 1050. The van der Waals surface area contributed by atoms with Gasteiger partial charge in [-0.2, -0.15) is 13.2 Å². The van der Waals surface area contributed by atoms with Gasteiger partial charge in [0, 0.05) is 12.1 Å². The summed E-state index contributed by atoms with van der Waals surface area (Å²) in [6.07, 6.45) is -4.54. The van der Waals surface area contributed by atoms with E-state index in [1.165, 1.54) is 12.0 Å². The van der Waals surface area contributed by atoms with Gasteiger partial charge in [0.05, 0.1) is 19.2 Å². The lowest BCUT2D eigenvalue weighted by Gasteiger charge is -2.31. The number of nitrogens with one attached hydrogen (secondary N) is 2. The molecule has 156 valence electrons. The second kappa shape index (κ2) is 6.75. The Morgan fingerprint density at radius 1 is 1.10 bits per heavy atom. The predicted molar refractivity (Wildman–Crippen MR) is 97.5 cm³/mol. The zero-order valence-electron chi connectivity index (χ0n) is 15.7. The number of urea groups is 1. The third kappa shape index (κ3) is 3.14. The van der Waals surface area contributed by atoms with Gasteiger partial charge in [0.25, 0.3) is 11.8 Å². The van der Waals surface area contributed by atoms with Crippen LogP contribution in [0.4, 0.5) is 18.0 Å². The van der Waals surface area contributed by atoms with Crippen molar-refractivity contribution in [2.75, 3.05) is 13.7 Å². The molecule has 2 aliphatic rings. The van der Waals surface area contributed by atoms with Crippen LogP contribution < -0.4 is 15.4 Å². The van der Waals surface area contributed by atoms with E-state index in [-0.39, 0.29) is 24.6 Å². The van der Waals surface area contributed by atoms with Gasteiger partial charge in [-0.3, -0.25) is 14.9 Å². The lowest BCUT2D eigenvalue weighted by Crippen LogP contribution is -2.52. The van der Waals surface area contributed by atoms with E-state index in [0.717, 1.165) is 24.3 Å². The van der Waals surface area contributed by atoms with Crippen molar-refractivity contribution < 1.29 is 32.3 Å². The first kappa shape index (κ1) is 19.7. The van der Waals surface area contributed by atoms with Crippen molar-refractivity contribution in [2.24, 2.45) is 0 Å². The van der Waals surface area contributed by atoms with Crippen molar-refractivity contribution >= 4 is 17.8 Å². The number of fused-ring (bicyclic) bond motifs is 1. The Morgan fingerprint density at radius 3 is 2.37 bits per heavy atom. The Labute approximate surface area is 168 Å². The van der Waals surface area contributed by atoms with Gasteiger partial charge >= 0.3 is 12.2 Å². The van der Waals surface area contributed by atoms with Crippen LogP contribution >= 0.6 is 0 Å². The van der Waals surface area contributed by atoms with E-state index in [0.29, 0.717) is 16.9 Å². The molecule has 0 aromatic heterocycles. The molecule has 0 spiro atoms. The highest BCUT2D eigenvalue weighted by Gasteiger charge is 2.50. The van der Waals surface area contributed by atoms with E-state index in [1.54, 1.807) is 18.2 Å². The lowest BCUT2D eigenvalue weighted by atomic mass is 9.88. The van der Waals surface area contributed by atoms with Crippen LogP contribution in [0.3, 0.4) is 0 Å². The number of nitrogens with zero attached hydrogens (tertiary/aromatic N) is 1. The molecule has 0 radical (unpaired) electrons. The minimum atomic E-state index is -4.54. The van der Waals surface area contributed by atoms with Crippen molar-refractivity contribution in [1.29, 1.82) is 0 Å². The number of carbonyl (C=O) groups is 3. The summed E-state index contributed by atoms with van der Waals surface area (Å²) < 4.78 is 43.9. The Hall–Kier alpha value is -3.56. The van der Waals surface area contributed by atoms with Crippen LogP contribution in [0.1, 0.15) is 27.0 Å². The molecule has 4 amide bonds. The van der Waals surface area contributed by atoms with Crippen LogP contribution in [-0.4, -0.2) is 36.4 Å². The molecule has 0 aliphatic carbocycles. The Kier molecular flexibility index (Phi) is 4.44. The summed E-state index contributed by atoms with van der Waals surface area (Å²) in [6.45, 7) is -0.0601. The summed E-state index contributed by atoms with van der Waals surface area (Å²) in [5.74, 6) is -0.619. The van der Waals surface area contributed by atoms with Gasteiger partial charge in [-0.25, -0.2) is 4.79 Å². The summed E-state index contributed by atoms with van der Waals surface area (Å²) in [4.78, 5) is 38.8. The molecule has 1 saturated heterocycles. The fourth-order valence-corrected chi connectivity index (χ4v) is 3.72. The fourth-order valence-electron chi connectivity index (χ4n) is 3.72. The summed E-state index contributed by atoms with van der Waals surface area (Å²) in [7, 11) is 1.47. The first-order chi connectivity index (χ1) is 14.1. The number of hydrogen-bond acceptors (Lipinski definition) is 4. The zero-order chi connectivity index (χ0) is 21.7. The van der Waals surface area contributed by atoms with E-state index in [1.807, 2.05) is 0 Å². The van der Waals surface area contributed by atoms with E-state index in [9.17, 15) is 27.6 Å². The fraction of sp³-hybridized carbons (Fsp3) is 0.250. The van der Waals surface area contributed by atoms with Crippen LogP contribution in [0.15, 0.2) is 42.5 Å². The number of ether oxygens (including phenoxy) is 1. The van der Waals surface area contributed by atoms with Crippen LogP contribution in [0.25, 0.3) is 0 Å². The number of methoxy groups -OCH3 is 1. The van der Waals surface area contributed by atoms with Crippen molar-refractivity contribution in [3.63, 3.8) is 0 Å². The maximum atomic E-state index is 12.9. The van der Waals surface area contributed by atoms with Crippen molar-refractivity contribution in [1.82, 2.24) is 15.5 Å². The third-order valence-corrected chi connectivity index (χ3v) is 5.27. The molecule has 1 unspecified atom stereocenters. The van der Waals surface area contributed by atoms with Crippen molar-refractivity contribution in [3.05, 3.63) is 64.7 Å². The standard InChI is InChI=1S/C20H16F3N3O4/c1-30-14-7-2-11-9-26(16(27)15(11)8-14)10-19(17(28)24-18(29)25-19)12-3-5-13(6-4-12)20(21,22)23/h2-8H,9-10H2,1H3,(H2,24,25,28,29). The van der Waals surface area contributed by atoms with Crippen molar-refractivity contribution in [3.8, 4) is 5.75 Å². The first-order valence-corrected chi connectivity index (χ1v) is 8.91. The average molecular weight is 419 g/mol. The van der Waals surface area contributed by atoms with Crippen LogP contribution in [0.2, 0.25) is 0 Å². The number of imide groups is 1. The van der Waals surface area contributed by atoms with E-state index < -0.39 is 29.2 Å². The highest BCUT2D eigenvalue weighted by atomic mass is 19.4. The summed E-state index contributed by atoms with van der Waals surface area (Å²) >= 11 is 0. The van der Waals surface area contributed by atoms with Crippen LogP contribution in [-0.2, 0) is 23.1 Å². The van der Waals surface area contributed by atoms with Gasteiger partial charge in [-0.15, -0.1) is 0 Å². The lowest BCUT2D eigenvalue weighted by molar-refractivity contribution is -0.137. The molecule has 2 N–H and O–H groups in total. The molecular weight excluding hydrogens is 403 g/mol. The minimum absolute atomic E-state index is 0.139. The monoisotopic (exact) mass is 419 g/mol. The molecule has 2 heterocycles. The topological polar surface area (TPSA) is 87.7 Å². The molecule has 7 nitrogen and oxygen atoms in total. The van der Waals surface area contributed by atoms with E-state index >= 15 is 0 Å². The summed E-state index contributed by atoms with van der Waals surface area (Å²) in [5.41, 5.74) is -1.33. The molecule has 0 bridgehead atoms. The molecule has 1 fully saturated rings. The van der Waals surface area contributed by atoms with Crippen LogP contribution in [0, 0.1) is 0 Å². The highest BCUT2D eigenvalue weighted by molar-refractivity contribution is 6.08. The molecule has 1 atom stereocenters. The van der Waals surface area contributed by atoms with Gasteiger partial charge in [-0.05, 0) is 35.4 Å².